The van der Waals surface area contributed by atoms with Crippen LogP contribution in [0.2, 0.25) is 0 Å². The van der Waals surface area contributed by atoms with E-state index in [4.69, 9.17) is 5.73 Å². The van der Waals surface area contributed by atoms with E-state index >= 15 is 0 Å². The fraction of sp³-hybridized carbons (Fsp3) is 0.154. The van der Waals surface area contributed by atoms with Crippen molar-refractivity contribution >= 4 is 28.5 Å². The van der Waals surface area contributed by atoms with Gasteiger partial charge in [0.2, 0.25) is 5.95 Å². The summed E-state index contributed by atoms with van der Waals surface area (Å²) in [7, 11) is 0. The molecule has 0 bridgehead atoms. The number of aromatic amines is 1. The van der Waals surface area contributed by atoms with Gasteiger partial charge in [0.1, 0.15) is 5.82 Å². The molecule has 94 valence electrons. The normalized spacial score (nSPS) is 14.0. The number of H-pyrrole nitrogens is 1. The van der Waals surface area contributed by atoms with Gasteiger partial charge in [-0.25, -0.2) is 0 Å². The van der Waals surface area contributed by atoms with Crippen LogP contribution < -0.4 is 10.6 Å². The molecule has 3 N–H and O–H groups in total. The lowest BCUT2D eigenvalue weighted by Crippen LogP contribution is -2.16. The van der Waals surface area contributed by atoms with E-state index in [-0.39, 0.29) is 5.95 Å². The Kier molecular flexibility index (Phi) is 2.00. The molecule has 0 radical (unpaired) electrons. The van der Waals surface area contributed by atoms with Crippen LogP contribution in [0.15, 0.2) is 30.5 Å². The van der Waals surface area contributed by atoms with Crippen molar-refractivity contribution in [1.82, 2.24) is 20.2 Å². The number of aromatic nitrogens is 4. The summed E-state index contributed by atoms with van der Waals surface area (Å²) in [5.41, 5.74) is 8.96. The lowest BCUT2D eigenvalue weighted by molar-refractivity contribution is 0.977. The molecule has 1 aromatic carbocycles. The lowest BCUT2D eigenvalue weighted by atomic mass is 10.2. The molecule has 0 atom stereocenters. The number of hydrogen-bond acceptors (Lipinski definition) is 5. The van der Waals surface area contributed by atoms with Gasteiger partial charge in [0.25, 0.3) is 0 Å². The van der Waals surface area contributed by atoms with Gasteiger partial charge in [-0.15, -0.1) is 0 Å². The van der Waals surface area contributed by atoms with Crippen molar-refractivity contribution in [2.24, 2.45) is 0 Å². The zero-order valence-electron chi connectivity index (χ0n) is 10.2. The van der Waals surface area contributed by atoms with Gasteiger partial charge in [-0.05, 0) is 18.1 Å². The van der Waals surface area contributed by atoms with Crippen LogP contribution in [0.25, 0.3) is 11.0 Å². The molecule has 0 aliphatic carbocycles. The highest BCUT2D eigenvalue weighted by molar-refractivity contribution is 5.90. The van der Waals surface area contributed by atoms with Gasteiger partial charge in [-0.1, -0.05) is 18.2 Å². The second-order valence-corrected chi connectivity index (χ2v) is 4.57. The summed E-state index contributed by atoms with van der Waals surface area (Å²) in [6.45, 7) is 0.899. The van der Waals surface area contributed by atoms with E-state index in [9.17, 15) is 0 Å². The molecule has 3 aromatic rings. The van der Waals surface area contributed by atoms with Crippen molar-refractivity contribution in [2.45, 2.75) is 6.42 Å². The Morgan fingerprint density at radius 3 is 3.05 bits per heavy atom. The highest BCUT2D eigenvalue weighted by atomic mass is 15.3. The summed E-state index contributed by atoms with van der Waals surface area (Å²) in [6.07, 6.45) is 2.75. The summed E-state index contributed by atoms with van der Waals surface area (Å²) >= 11 is 0. The average Bonchev–Trinajstić information content (AvgIpc) is 3.03. The van der Waals surface area contributed by atoms with Crippen LogP contribution in [0.5, 0.6) is 0 Å². The molecule has 4 rings (SSSR count). The van der Waals surface area contributed by atoms with Gasteiger partial charge in [0.05, 0.1) is 11.6 Å². The van der Waals surface area contributed by atoms with Crippen molar-refractivity contribution in [2.75, 3.05) is 17.2 Å². The Bertz CT molecular complexity index is 763. The predicted octanol–water partition coefficient (Wildman–Crippen LogP) is 1.63. The predicted molar refractivity (Wildman–Crippen MR) is 73.2 cm³/mol. The van der Waals surface area contributed by atoms with E-state index in [2.05, 4.69) is 43.3 Å². The lowest BCUT2D eigenvalue weighted by Gasteiger charge is -2.19. The second-order valence-electron chi connectivity index (χ2n) is 4.57. The maximum atomic E-state index is 5.77. The van der Waals surface area contributed by atoms with Crippen LogP contribution in [0, 0.1) is 0 Å². The highest BCUT2D eigenvalue weighted by Gasteiger charge is 2.23. The molecule has 0 saturated heterocycles. The largest absolute Gasteiger partial charge is 0.368 e. The highest BCUT2D eigenvalue weighted by Crippen LogP contribution is 2.36. The standard InChI is InChI=1S/C13H12N6/c14-13-16-11-9(7-15-18-11)12(17-13)19-6-5-8-3-1-2-4-10(8)19/h1-4,7H,5-6H2,(H3,14,15,16,17,18). The first-order valence-corrected chi connectivity index (χ1v) is 6.15. The van der Waals surface area contributed by atoms with Gasteiger partial charge in [0.15, 0.2) is 5.65 Å². The SMILES string of the molecule is Nc1nc(N2CCc3ccccc32)c2cn[nH]c2n1. The zero-order chi connectivity index (χ0) is 12.8. The molecule has 3 heterocycles. The molecule has 0 unspecified atom stereocenters. The third-order valence-corrected chi connectivity index (χ3v) is 3.45. The van der Waals surface area contributed by atoms with E-state index < -0.39 is 0 Å². The average molecular weight is 252 g/mol. The van der Waals surface area contributed by atoms with Gasteiger partial charge in [-0.2, -0.15) is 15.1 Å². The minimum Gasteiger partial charge on any atom is -0.368 e. The summed E-state index contributed by atoms with van der Waals surface area (Å²) < 4.78 is 0. The molecule has 2 aromatic heterocycles. The molecule has 6 nitrogen and oxygen atoms in total. The van der Waals surface area contributed by atoms with E-state index in [1.807, 2.05) is 6.07 Å². The number of nitrogen functional groups attached to an aromatic ring is 1. The Labute approximate surface area is 109 Å². The van der Waals surface area contributed by atoms with Crippen LogP contribution in [0.3, 0.4) is 0 Å². The number of hydrogen-bond donors (Lipinski definition) is 2. The Balaban J connectivity index is 1.94. The summed E-state index contributed by atoms with van der Waals surface area (Å²) in [6, 6.07) is 8.34. The first-order valence-electron chi connectivity index (χ1n) is 6.15. The first kappa shape index (κ1) is 10.3. The maximum Gasteiger partial charge on any atom is 0.224 e. The molecular formula is C13H12N6. The van der Waals surface area contributed by atoms with Crippen LogP contribution in [0.4, 0.5) is 17.5 Å². The molecule has 1 aliphatic rings. The van der Waals surface area contributed by atoms with Crippen molar-refractivity contribution < 1.29 is 0 Å². The van der Waals surface area contributed by atoms with Gasteiger partial charge in [-0.3, -0.25) is 5.10 Å². The molecular weight excluding hydrogens is 240 g/mol. The Hall–Kier alpha value is -2.63. The number of benzene rings is 1. The maximum absolute atomic E-state index is 5.77. The fourth-order valence-electron chi connectivity index (χ4n) is 2.60. The van der Waals surface area contributed by atoms with E-state index in [1.54, 1.807) is 6.20 Å². The second kappa shape index (κ2) is 3.68. The smallest absolute Gasteiger partial charge is 0.224 e. The van der Waals surface area contributed by atoms with Crippen LogP contribution in [0.1, 0.15) is 5.56 Å². The van der Waals surface area contributed by atoms with Crippen molar-refractivity contribution in [1.29, 1.82) is 0 Å². The Morgan fingerprint density at radius 1 is 1.21 bits per heavy atom. The van der Waals surface area contributed by atoms with Crippen molar-refractivity contribution in [3.05, 3.63) is 36.0 Å². The molecule has 0 amide bonds. The van der Waals surface area contributed by atoms with E-state index in [0.29, 0.717) is 5.65 Å². The number of nitrogens with one attached hydrogen (secondary N) is 1. The fourth-order valence-corrected chi connectivity index (χ4v) is 2.60. The summed E-state index contributed by atoms with van der Waals surface area (Å²) in [5.74, 6) is 1.08. The van der Waals surface area contributed by atoms with E-state index in [1.165, 1.54) is 11.3 Å². The molecule has 0 spiro atoms. The summed E-state index contributed by atoms with van der Waals surface area (Å²) in [5, 5.41) is 7.76. The van der Waals surface area contributed by atoms with Crippen molar-refractivity contribution in [3.8, 4) is 0 Å². The van der Waals surface area contributed by atoms with Gasteiger partial charge in [0, 0.05) is 12.2 Å². The third-order valence-electron chi connectivity index (χ3n) is 3.45. The van der Waals surface area contributed by atoms with Crippen LogP contribution in [-0.4, -0.2) is 26.7 Å². The first-order chi connectivity index (χ1) is 9.33. The van der Waals surface area contributed by atoms with Crippen molar-refractivity contribution in [3.63, 3.8) is 0 Å². The summed E-state index contributed by atoms with van der Waals surface area (Å²) in [4.78, 5) is 10.7. The Morgan fingerprint density at radius 2 is 2.11 bits per heavy atom. The molecule has 19 heavy (non-hydrogen) atoms. The molecule has 6 heteroatoms. The quantitative estimate of drug-likeness (QED) is 0.687. The minimum atomic E-state index is 0.260. The van der Waals surface area contributed by atoms with E-state index in [0.717, 1.165) is 24.2 Å². The van der Waals surface area contributed by atoms with Crippen LogP contribution in [-0.2, 0) is 6.42 Å². The minimum absolute atomic E-state index is 0.260. The molecule has 1 aliphatic heterocycles. The number of nitrogens with two attached hydrogens (primary N) is 1. The third kappa shape index (κ3) is 1.46. The number of fused-ring (bicyclic) bond motifs is 2. The number of para-hydroxylation sites is 1. The van der Waals surface area contributed by atoms with Crippen LogP contribution >= 0.6 is 0 Å². The number of anilines is 3. The van der Waals surface area contributed by atoms with Gasteiger partial charge < -0.3 is 10.6 Å². The molecule has 0 fully saturated rings. The number of rotatable bonds is 1. The topological polar surface area (TPSA) is 83.7 Å². The number of nitrogens with zero attached hydrogens (tertiary/aromatic N) is 4. The monoisotopic (exact) mass is 252 g/mol. The molecule has 0 saturated carbocycles. The zero-order valence-corrected chi connectivity index (χ0v) is 10.2. The van der Waals surface area contributed by atoms with Gasteiger partial charge >= 0.3 is 0 Å².